The average molecular weight is 373 g/mol. The van der Waals surface area contributed by atoms with E-state index in [4.69, 9.17) is 11.6 Å². The van der Waals surface area contributed by atoms with Gasteiger partial charge in [-0.15, -0.1) is 0 Å². The van der Waals surface area contributed by atoms with E-state index < -0.39 is 0 Å². The van der Waals surface area contributed by atoms with Gasteiger partial charge in [-0.25, -0.2) is 0 Å². The molecule has 1 fully saturated rings. The molecule has 1 aliphatic rings. The summed E-state index contributed by atoms with van der Waals surface area (Å²) in [6, 6.07) is 12.0. The molecule has 0 bridgehead atoms. The molecule has 1 aliphatic heterocycles. The normalized spacial score (nSPS) is 15.7. The minimum Gasteiger partial charge on any atom is -0.368 e. The molecule has 0 spiro atoms. The molecular formula is C20H25ClN4O. The molecule has 0 saturated carbocycles. The Labute approximate surface area is 160 Å². The van der Waals surface area contributed by atoms with E-state index >= 15 is 0 Å². The third-order valence-corrected chi connectivity index (χ3v) is 5.02. The van der Waals surface area contributed by atoms with Crippen LogP contribution < -0.4 is 15.1 Å². The van der Waals surface area contributed by atoms with Crippen LogP contribution in [0, 0.1) is 0 Å². The number of halogens is 1. The highest BCUT2D eigenvalue weighted by Gasteiger charge is 2.19. The lowest BCUT2D eigenvalue weighted by Gasteiger charge is -2.37. The van der Waals surface area contributed by atoms with Crippen LogP contribution in [0.15, 0.2) is 42.6 Å². The van der Waals surface area contributed by atoms with E-state index in [1.54, 1.807) is 6.20 Å². The van der Waals surface area contributed by atoms with Gasteiger partial charge in [0.15, 0.2) is 0 Å². The average Bonchev–Trinajstić information content (AvgIpc) is 2.68. The van der Waals surface area contributed by atoms with Gasteiger partial charge in [-0.05, 0) is 43.7 Å². The van der Waals surface area contributed by atoms with Crippen molar-refractivity contribution in [1.82, 2.24) is 10.3 Å². The van der Waals surface area contributed by atoms with Gasteiger partial charge in [0.2, 0.25) is 0 Å². The molecule has 1 aromatic carbocycles. The lowest BCUT2D eigenvalue weighted by molar-refractivity contribution is 0.0934. The van der Waals surface area contributed by atoms with Gasteiger partial charge in [-0.1, -0.05) is 24.6 Å². The van der Waals surface area contributed by atoms with Gasteiger partial charge in [0.1, 0.15) is 5.69 Å². The number of carbonyl (C=O) groups excluding carboxylic acids is 1. The Bertz CT molecular complexity index is 759. The minimum absolute atomic E-state index is 0.112. The number of carbonyl (C=O) groups is 1. The maximum Gasteiger partial charge on any atom is 0.270 e. The zero-order chi connectivity index (χ0) is 18.5. The van der Waals surface area contributed by atoms with Crippen molar-refractivity contribution in [1.29, 1.82) is 0 Å². The largest absolute Gasteiger partial charge is 0.368 e. The molecule has 1 unspecified atom stereocenters. The first-order valence-corrected chi connectivity index (χ1v) is 9.47. The van der Waals surface area contributed by atoms with Crippen molar-refractivity contribution >= 4 is 28.9 Å². The van der Waals surface area contributed by atoms with Gasteiger partial charge in [-0.2, -0.15) is 0 Å². The van der Waals surface area contributed by atoms with E-state index in [-0.39, 0.29) is 11.9 Å². The summed E-state index contributed by atoms with van der Waals surface area (Å²) in [4.78, 5) is 21.2. The lowest BCUT2D eigenvalue weighted by atomic mass is 10.2. The Balaban J connectivity index is 1.64. The van der Waals surface area contributed by atoms with Crippen LogP contribution in [-0.2, 0) is 0 Å². The predicted molar refractivity (Wildman–Crippen MR) is 107 cm³/mol. The molecule has 1 aromatic heterocycles. The van der Waals surface area contributed by atoms with Gasteiger partial charge < -0.3 is 15.1 Å². The van der Waals surface area contributed by atoms with Crippen LogP contribution in [0.2, 0.25) is 5.02 Å². The lowest BCUT2D eigenvalue weighted by Crippen LogP contribution is -2.46. The van der Waals surface area contributed by atoms with Gasteiger partial charge in [0.25, 0.3) is 5.91 Å². The second-order valence-corrected chi connectivity index (χ2v) is 7.07. The van der Waals surface area contributed by atoms with E-state index in [2.05, 4.69) is 26.2 Å². The number of anilines is 2. The van der Waals surface area contributed by atoms with Crippen molar-refractivity contribution in [2.75, 3.05) is 36.0 Å². The third kappa shape index (κ3) is 4.47. The van der Waals surface area contributed by atoms with Crippen LogP contribution in [-0.4, -0.2) is 43.1 Å². The number of amides is 1. The Hall–Kier alpha value is -2.27. The molecule has 2 heterocycles. The highest BCUT2D eigenvalue weighted by atomic mass is 35.5. The summed E-state index contributed by atoms with van der Waals surface area (Å²) in [5.74, 6) is -0.112. The molecule has 1 amide bonds. The third-order valence-electron chi connectivity index (χ3n) is 4.78. The molecular weight excluding hydrogens is 348 g/mol. The Morgan fingerprint density at radius 3 is 2.42 bits per heavy atom. The Morgan fingerprint density at radius 2 is 1.81 bits per heavy atom. The molecule has 5 nitrogen and oxygen atoms in total. The molecule has 1 N–H and O–H groups in total. The van der Waals surface area contributed by atoms with Crippen LogP contribution in [0.25, 0.3) is 0 Å². The summed E-state index contributed by atoms with van der Waals surface area (Å²) in [5, 5.41) is 3.73. The Morgan fingerprint density at radius 1 is 1.15 bits per heavy atom. The number of aromatic nitrogens is 1. The maximum atomic E-state index is 12.3. The predicted octanol–water partition coefficient (Wildman–Crippen LogP) is 3.59. The molecule has 138 valence electrons. The SMILES string of the molecule is CCC(C)NC(=O)c1cc(N2CCN(c3cccc(Cl)c3)CC2)ccn1. The summed E-state index contributed by atoms with van der Waals surface area (Å²) in [7, 11) is 0. The molecule has 0 aliphatic carbocycles. The first-order chi connectivity index (χ1) is 12.6. The number of nitrogens with zero attached hydrogens (tertiary/aromatic N) is 3. The van der Waals surface area contributed by atoms with Crippen molar-refractivity contribution in [3.8, 4) is 0 Å². The van der Waals surface area contributed by atoms with Gasteiger partial charge in [0, 0.05) is 54.8 Å². The maximum absolute atomic E-state index is 12.3. The highest BCUT2D eigenvalue weighted by molar-refractivity contribution is 6.30. The molecule has 0 radical (unpaired) electrons. The smallest absolute Gasteiger partial charge is 0.270 e. The van der Waals surface area contributed by atoms with Gasteiger partial charge in [0.05, 0.1) is 0 Å². The second kappa shape index (κ2) is 8.41. The minimum atomic E-state index is -0.112. The van der Waals surface area contributed by atoms with Crippen molar-refractivity contribution < 1.29 is 4.79 Å². The quantitative estimate of drug-likeness (QED) is 0.871. The fourth-order valence-corrected chi connectivity index (χ4v) is 3.22. The van der Waals surface area contributed by atoms with E-state index in [0.717, 1.165) is 49.0 Å². The summed E-state index contributed by atoms with van der Waals surface area (Å²) in [5.41, 5.74) is 2.67. The number of pyridine rings is 1. The number of rotatable bonds is 5. The first-order valence-electron chi connectivity index (χ1n) is 9.09. The van der Waals surface area contributed by atoms with Crippen molar-refractivity contribution in [2.45, 2.75) is 26.3 Å². The van der Waals surface area contributed by atoms with Crippen molar-refractivity contribution in [3.63, 3.8) is 0 Å². The summed E-state index contributed by atoms with van der Waals surface area (Å²) < 4.78 is 0. The van der Waals surface area contributed by atoms with Gasteiger partial charge in [-0.3, -0.25) is 9.78 Å². The summed E-state index contributed by atoms with van der Waals surface area (Å²) in [6.45, 7) is 7.66. The molecule has 1 atom stereocenters. The second-order valence-electron chi connectivity index (χ2n) is 6.64. The van der Waals surface area contributed by atoms with Crippen LogP contribution in [0.4, 0.5) is 11.4 Å². The van der Waals surface area contributed by atoms with E-state index in [1.807, 2.05) is 44.2 Å². The number of benzene rings is 1. The summed E-state index contributed by atoms with van der Waals surface area (Å²) >= 11 is 6.10. The first kappa shape index (κ1) is 18.5. The van der Waals surface area contributed by atoms with Crippen LogP contribution in [0.3, 0.4) is 0 Å². The van der Waals surface area contributed by atoms with E-state index in [1.165, 1.54) is 0 Å². The van der Waals surface area contributed by atoms with Crippen molar-refractivity contribution in [2.24, 2.45) is 0 Å². The van der Waals surface area contributed by atoms with Gasteiger partial charge >= 0.3 is 0 Å². The highest BCUT2D eigenvalue weighted by Crippen LogP contribution is 2.23. The number of nitrogens with one attached hydrogen (secondary N) is 1. The zero-order valence-electron chi connectivity index (χ0n) is 15.3. The van der Waals surface area contributed by atoms with E-state index in [0.29, 0.717) is 5.69 Å². The number of piperazine rings is 1. The monoisotopic (exact) mass is 372 g/mol. The summed E-state index contributed by atoms with van der Waals surface area (Å²) in [6.07, 6.45) is 2.61. The van der Waals surface area contributed by atoms with Crippen LogP contribution in [0.1, 0.15) is 30.8 Å². The molecule has 3 rings (SSSR count). The Kier molecular flexibility index (Phi) is 5.99. The van der Waals surface area contributed by atoms with E-state index in [9.17, 15) is 4.79 Å². The molecule has 1 saturated heterocycles. The fourth-order valence-electron chi connectivity index (χ4n) is 3.04. The van der Waals surface area contributed by atoms with Crippen molar-refractivity contribution in [3.05, 3.63) is 53.3 Å². The zero-order valence-corrected chi connectivity index (χ0v) is 16.0. The van der Waals surface area contributed by atoms with Crippen LogP contribution >= 0.6 is 11.6 Å². The number of hydrogen-bond acceptors (Lipinski definition) is 4. The topological polar surface area (TPSA) is 48.5 Å². The molecule has 26 heavy (non-hydrogen) atoms. The van der Waals surface area contributed by atoms with Crippen LogP contribution in [0.5, 0.6) is 0 Å². The fraction of sp³-hybridized carbons (Fsp3) is 0.400. The molecule has 2 aromatic rings. The standard InChI is InChI=1S/C20H25ClN4O/c1-3-15(2)23-20(26)19-14-18(7-8-22-19)25-11-9-24(10-12-25)17-6-4-5-16(21)13-17/h4-8,13-15H,3,9-12H2,1-2H3,(H,23,26). The number of hydrogen-bond donors (Lipinski definition) is 1. The molecule has 6 heteroatoms.